The molecule has 296 valence electrons. The van der Waals surface area contributed by atoms with E-state index in [2.05, 4.69) is 24.4 Å². The first-order valence-electron chi connectivity index (χ1n) is 18.6. The van der Waals surface area contributed by atoms with Crippen LogP contribution in [-0.2, 0) is 57.1 Å². The Hall–Kier alpha value is -3.79. The number of ether oxygens (including phenoxy) is 7. The summed E-state index contributed by atoms with van der Waals surface area (Å²) in [5.74, 6) is -1.71. The van der Waals surface area contributed by atoms with Gasteiger partial charge in [0, 0.05) is 33.6 Å². The summed E-state index contributed by atoms with van der Waals surface area (Å²) < 4.78 is 39.4. The van der Waals surface area contributed by atoms with Crippen molar-refractivity contribution in [3.8, 4) is 0 Å². The highest BCUT2D eigenvalue weighted by molar-refractivity contribution is 5.91. The van der Waals surface area contributed by atoms with E-state index >= 15 is 0 Å². The van der Waals surface area contributed by atoms with Crippen LogP contribution in [0.1, 0.15) is 99.3 Å². The van der Waals surface area contributed by atoms with Crippen LogP contribution in [0, 0.1) is 40.4 Å². The van der Waals surface area contributed by atoms with Crippen LogP contribution in [0.5, 0.6) is 0 Å². The molecular formula is C37H55N3O13. The first kappa shape index (κ1) is 40.4. The standard InChI is InChI=1S/C37H55N3O13/c1-18(41)48-17-28(39-40-35(38)46)27-11-10-25-24-9-8-22-16-23(12-14-36(22,5)26(24)13-15-37(25,27)6)52-34-32(51-21(4)44)30(50-20(3)43)29(49-19(2)42)31(53-34)33(45)47-7/h22-27,29-32,34H,8-17H2,1-7H3,(H3,38,40,46). The largest absolute Gasteiger partial charge is 0.467 e. The normalized spacial score (nSPS) is 39.2. The summed E-state index contributed by atoms with van der Waals surface area (Å²) in [4.78, 5) is 72.7. The fourth-order valence-electron chi connectivity index (χ4n) is 10.8. The third-order valence-corrected chi connectivity index (χ3v) is 12.9. The number of hydrazone groups is 1. The zero-order chi connectivity index (χ0) is 38.8. The van der Waals surface area contributed by atoms with Crippen LogP contribution in [0.4, 0.5) is 4.79 Å². The Morgan fingerprint density at radius 3 is 2.02 bits per heavy atom. The molecule has 0 aromatic heterocycles. The van der Waals surface area contributed by atoms with Crippen molar-refractivity contribution in [2.45, 2.75) is 136 Å². The van der Waals surface area contributed by atoms with Gasteiger partial charge in [-0.05, 0) is 92.3 Å². The number of methoxy groups -OCH3 is 1. The number of urea groups is 1. The van der Waals surface area contributed by atoms with Crippen molar-refractivity contribution in [1.82, 2.24) is 5.43 Å². The lowest BCUT2D eigenvalue weighted by atomic mass is 9.44. The Morgan fingerprint density at radius 2 is 1.40 bits per heavy atom. The van der Waals surface area contributed by atoms with E-state index in [0.717, 1.165) is 65.9 Å². The Labute approximate surface area is 309 Å². The molecule has 3 N–H and O–H groups in total. The Morgan fingerprint density at radius 1 is 0.774 bits per heavy atom. The summed E-state index contributed by atoms with van der Waals surface area (Å²) in [7, 11) is 1.15. The average Bonchev–Trinajstić information content (AvgIpc) is 3.43. The molecule has 1 heterocycles. The molecule has 5 fully saturated rings. The quantitative estimate of drug-likeness (QED) is 0.108. The number of primary amides is 1. The van der Waals surface area contributed by atoms with Crippen LogP contribution < -0.4 is 11.2 Å². The lowest BCUT2D eigenvalue weighted by Gasteiger charge is -2.61. The van der Waals surface area contributed by atoms with Crippen LogP contribution in [0.25, 0.3) is 0 Å². The number of hydrogen-bond acceptors (Lipinski definition) is 14. The van der Waals surface area contributed by atoms with Crippen molar-refractivity contribution in [3.05, 3.63) is 0 Å². The van der Waals surface area contributed by atoms with Gasteiger partial charge in [-0.2, -0.15) is 5.10 Å². The summed E-state index contributed by atoms with van der Waals surface area (Å²) >= 11 is 0. The topological polar surface area (TPSA) is 217 Å². The Balaban J connectivity index is 1.33. The minimum Gasteiger partial charge on any atom is -0.467 e. The monoisotopic (exact) mass is 749 g/mol. The van der Waals surface area contributed by atoms with E-state index in [4.69, 9.17) is 38.9 Å². The summed E-state index contributed by atoms with van der Waals surface area (Å²) in [5, 5.41) is 4.32. The molecule has 5 aliphatic rings. The maximum Gasteiger partial charge on any atom is 0.339 e. The average molecular weight is 750 g/mol. The first-order valence-corrected chi connectivity index (χ1v) is 18.6. The second kappa shape index (κ2) is 16.3. The number of nitrogens with one attached hydrogen (secondary N) is 1. The van der Waals surface area contributed by atoms with E-state index < -0.39 is 66.6 Å². The molecule has 4 aliphatic carbocycles. The zero-order valence-electron chi connectivity index (χ0n) is 31.8. The lowest BCUT2D eigenvalue weighted by Crippen LogP contribution is -2.64. The predicted molar refractivity (Wildman–Crippen MR) is 184 cm³/mol. The summed E-state index contributed by atoms with van der Waals surface area (Å²) in [5.41, 5.74) is 8.29. The van der Waals surface area contributed by atoms with Gasteiger partial charge in [0.05, 0.1) is 18.9 Å². The van der Waals surface area contributed by atoms with Gasteiger partial charge in [-0.25, -0.2) is 15.0 Å². The molecule has 16 heteroatoms. The van der Waals surface area contributed by atoms with Crippen molar-refractivity contribution in [3.63, 3.8) is 0 Å². The highest BCUT2D eigenvalue weighted by Crippen LogP contribution is 2.67. The lowest BCUT2D eigenvalue weighted by molar-refractivity contribution is -0.315. The fraction of sp³-hybridized carbons (Fsp3) is 0.811. The minimum atomic E-state index is -1.51. The van der Waals surface area contributed by atoms with E-state index in [-0.39, 0.29) is 29.5 Å². The van der Waals surface area contributed by atoms with Crippen molar-refractivity contribution in [2.75, 3.05) is 13.7 Å². The number of amides is 2. The molecule has 0 aromatic rings. The Kier molecular flexibility index (Phi) is 12.4. The fourth-order valence-corrected chi connectivity index (χ4v) is 10.8. The number of esters is 5. The molecule has 0 bridgehead atoms. The molecule has 1 saturated heterocycles. The van der Waals surface area contributed by atoms with Gasteiger partial charge >= 0.3 is 35.9 Å². The van der Waals surface area contributed by atoms with Gasteiger partial charge in [0.2, 0.25) is 0 Å². The maximum absolute atomic E-state index is 12.9. The van der Waals surface area contributed by atoms with Crippen molar-refractivity contribution >= 4 is 41.6 Å². The van der Waals surface area contributed by atoms with Gasteiger partial charge in [0.1, 0.15) is 6.61 Å². The van der Waals surface area contributed by atoms with E-state index in [1.165, 1.54) is 13.8 Å². The van der Waals surface area contributed by atoms with Crippen LogP contribution >= 0.6 is 0 Å². The molecule has 53 heavy (non-hydrogen) atoms. The first-order chi connectivity index (χ1) is 25.0. The number of fused-ring (bicyclic) bond motifs is 5. The second-order valence-corrected chi connectivity index (χ2v) is 15.9. The van der Waals surface area contributed by atoms with Gasteiger partial charge in [-0.1, -0.05) is 13.8 Å². The van der Waals surface area contributed by atoms with Crippen LogP contribution in [0.3, 0.4) is 0 Å². The highest BCUT2D eigenvalue weighted by atomic mass is 16.7. The van der Waals surface area contributed by atoms with Crippen molar-refractivity contribution in [2.24, 2.45) is 51.3 Å². The number of carbonyl (C=O) groups excluding carboxylic acids is 6. The maximum atomic E-state index is 12.9. The van der Waals surface area contributed by atoms with Gasteiger partial charge < -0.3 is 38.9 Å². The number of carbonyl (C=O) groups is 6. The van der Waals surface area contributed by atoms with Crippen molar-refractivity contribution in [1.29, 1.82) is 0 Å². The molecule has 0 radical (unpaired) electrons. The molecule has 13 atom stereocenters. The highest BCUT2D eigenvalue weighted by Gasteiger charge is 2.62. The SMILES string of the molecule is COC(=O)C1OC(OC2CCC3(C)C(CCC4C3CCC3(C)C(C(COC(C)=O)=NNC(N)=O)CCC43)C2)C(OC(C)=O)C(OC(C)=O)C1OC(C)=O. The number of rotatable bonds is 10. The Bertz CT molecular complexity index is 1470. The van der Waals surface area contributed by atoms with Gasteiger partial charge in [0.25, 0.3) is 0 Å². The second-order valence-electron chi connectivity index (χ2n) is 15.9. The van der Waals surface area contributed by atoms with Crippen LogP contribution in [-0.4, -0.2) is 92.1 Å². The number of hydrogen-bond donors (Lipinski definition) is 2. The summed E-state index contributed by atoms with van der Waals surface area (Å²) in [6.07, 6.45) is 0.869. The predicted octanol–water partition coefficient (Wildman–Crippen LogP) is 3.31. The number of nitrogens with zero attached hydrogens (tertiary/aromatic N) is 1. The molecule has 4 saturated carbocycles. The van der Waals surface area contributed by atoms with E-state index in [1.807, 2.05) is 0 Å². The van der Waals surface area contributed by atoms with E-state index in [0.29, 0.717) is 42.2 Å². The molecule has 1 aliphatic heterocycles. The van der Waals surface area contributed by atoms with Gasteiger partial charge in [0.15, 0.2) is 30.7 Å². The van der Waals surface area contributed by atoms with Crippen LogP contribution in [0.15, 0.2) is 5.10 Å². The van der Waals surface area contributed by atoms with Gasteiger partial charge in [-0.3, -0.25) is 19.2 Å². The molecule has 0 aromatic carbocycles. The van der Waals surface area contributed by atoms with E-state index in [9.17, 15) is 28.8 Å². The summed E-state index contributed by atoms with van der Waals surface area (Å²) in [6, 6.07) is -0.768. The minimum absolute atomic E-state index is 0.00723. The molecule has 13 unspecified atom stereocenters. The molecule has 5 rings (SSSR count). The molecular weight excluding hydrogens is 694 g/mol. The molecule has 16 nitrogen and oxygen atoms in total. The van der Waals surface area contributed by atoms with E-state index in [1.54, 1.807) is 0 Å². The smallest absolute Gasteiger partial charge is 0.339 e. The van der Waals surface area contributed by atoms with Crippen molar-refractivity contribution < 1.29 is 61.9 Å². The van der Waals surface area contributed by atoms with Crippen LogP contribution in [0.2, 0.25) is 0 Å². The third-order valence-electron chi connectivity index (χ3n) is 12.9. The zero-order valence-corrected chi connectivity index (χ0v) is 31.8. The number of nitrogens with two attached hydrogens (primary N) is 1. The summed E-state index contributed by atoms with van der Waals surface area (Å²) in [6.45, 7) is 9.55. The van der Waals surface area contributed by atoms with Gasteiger partial charge in [-0.15, -0.1) is 0 Å². The molecule has 2 amide bonds. The molecule has 0 spiro atoms. The third kappa shape index (κ3) is 8.48.